The molecule has 0 unspecified atom stereocenters. The number of hydrogen-bond donors (Lipinski definition) is 3. The quantitative estimate of drug-likeness (QED) is 0.571. The van der Waals surface area contributed by atoms with E-state index in [9.17, 15) is 32.3 Å². The minimum absolute atomic E-state index is 0.120. The first-order valence-electron chi connectivity index (χ1n) is 6.90. The van der Waals surface area contributed by atoms with Crippen LogP contribution in [0.5, 0.6) is 0 Å². The van der Waals surface area contributed by atoms with Crippen molar-refractivity contribution in [3.63, 3.8) is 0 Å². The van der Waals surface area contributed by atoms with Gasteiger partial charge in [0.25, 0.3) is 5.72 Å². The van der Waals surface area contributed by atoms with Crippen molar-refractivity contribution in [2.45, 2.75) is 24.9 Å². The predicted molar refractivity (Wildman–Crippen MR) is 71.9 cm³/mol. The van der Waals surface area contributed by atoms with Gasteiger partial charge in [0.1, 0.15) is 11.7 Å². The maximum Gasteiger partial charge on any atom is 0.437 e. The minimum Gasteiger partial charge on any atom is -0.466 e. The van der Waals surface area contributed by atoms with Crippen molar-refractivity contribution in [2.75, 3.05) is 6.61 Å². The third kappa shape index (κ3) is 3.14. The summed E-state index contributed by atoms with van der Waals surface area (Å²) in [4.78, 5) is 23.7. The van der Waals surface area contributed by atoms with Crippen LogP contribution in [-0.4, -0.2) is 35.6 Å². The highest BCUT2D eigenvalue weighted by atomic mass is 19.4. The number of aliphatic hydroxyl groups is 1. The summed E-state index contributed by atoms with van der Waals surface area (Å²) < 4.78 is 58.0. The van der Waals surface area contributed by atoms with Crippen LogP contribution in [0.4, 0.5) is 22.4 Å². The van der Waals surface area contributed by atoms with Crippen LogP contribution in [0.15, 0.2) is 24.3 Å². The summed E-state index contributed by atoms with van der Waals surface area (Å²) in [5, 5.41) is 13.5. The summed E-state index contributed by atoms with van der Waals surface area (Å²) in [6, 6.07) is 1.33. The van der Waals surface area contributed by atoms with Gasteiger partial charge in [0.2, 0.25) is 0 Å². The molecular formula is C14H14F4N2O4. The third-order valence-electron chi connectivity index (χ3n) is 3.55. The molecule has 1 fully saturated rings. The smallest absolute Gasteiger partial charge is 0.437 e. The monoisotopic (exact) mass is 350 g/mol. The first kappa shape index (κ1) is 18.0. The molecule has 132 valence electrons. The van der Waals surface area contributed by atoms with Crippen LogP contribution in [0.1, 0.15) is 18.5 Å². The van der Waals surface area contributed by atoms with Crippen molar-refractivity contribution in [3.8, 4) is 0 Å². The first-order valence-corrected chi connectivity index (χ1v) is 6.90. The third-order valence-corrected chi connectivity index (χ3v) is 3.55. The van der Waals surface area contributed by atoms with E-state index in [1.165, 1.54) is 24.4 Å². The summed E-state index contributed by atoms with van der Waals surface area (Å²) in [6.07, 6.45) is -5.37. The Kier molecular flexibility index (Phi) is 4.70. The molecule has 2 rings (SSSR count). The number of alkyl halides is 3. The lowest BCUT2D eigenvalue weighted by Gasteiger charge is -2.44. The lowest BCUT2D eigenvalue weighted by molar-refractivity contribution is -0.294. The molecule has 0 saturated carbocycles. The summed E-state index contributed by atoms with van der Waals surface area (Å²) in [6.45, 7) is 1.13. The van der Waals surface area contributed by atoms with Crippen LogP contribution in [0.3, 0.4) is 0 Å². The van der Waals surface area contributed by atoms with E-state index in [4.69, 9.17) is 0 Å². The molecule has 10 heteroatoms. The van der Waals surface area contributed by atoms with Gasteiger partial charge in [-0.1, -0.05) is 12.1 Å². The van der Waals surface area contributed by atoms with Crippen LogP contribution in [0, 0.1) is 11.7 Å². The van der Waals surface area contributed by atoms with Crippen molar-refractivity contribution in [1.29, 1.82) is 0 Å². The van der Waals surface area contributed by atoms with Crippen LogP contribution >= 0.6 is 0 Å². The molecule has 2 amide bonds. The average Bonchev–Trinajstić information content (AvgIpc) is 2.45. The van der Waals surface area contributed by atoms with E-state index in [0.717, 1.165) is 12.1 Å². The van der Waals surface area contributed by atoms with Crippen molar-refractivity contribution in [3.05, 3.63) is 35.6 Å². The Morgan fingerprint density at radius 3 is 2.62 bits per heavy atom. The minimum atomic E-state index is -5.37. The summed E-state index contributed by atoms with van der Waals surface area (Å²) in [5.41, 5.74) is -3.98. The Morgan fingerprint density at radius 1 is 1.42 bits per heavy atom. The van der Waals surface area contributed by atoms with Crippen molar-refractivity contribution >= 4 is 12.0 Å². The van der Waals surface area contributed by atoms with Gasteiger partial charge < -0.3 is 20.5 Å². The number of hydrogen-bond acceptors (Lipinski definition) is 4. The number of esters is 1. The topological polar surface area (TPSA) is 87.7 Å². The number of carbonyl (C=O) groups is 2. The van der Waals surface area contributed by atoms with Gasteiger partial charge in [0, 0.05) is 0 Å². The van der Waals surface area contributed by atoms with Crippen LogP contribution < -0.4 is 10.6 Å². The highest BCUT2D eigenvalue weighted by molar-refractivity contribution is 5.83. The van der Waals surface area contributed by atoms with Crippen LogP contribution in [0.25, 0.3) is 0 Å². The second-order valence-corrected chi connectivity index (χ2v) is 5.12. The van der Waals surface area contributed by atoms with E-state index >= 15 is 0 Å². The lowest BCUT2D eigenvalue weighted by Crippen LogP contribution is -2.73. The molecule has 0 bridgehead atoms. The summed E-state index contributed by atoms with van der Waals surface area (Å²) in [7, 11) is 0. The van der Waals surface area contributed by atoms with Gasteiger partial charge in [0.05, 0.1) is 12.6 Å². The van der Waals surface area contributed by atoms with Crippen molar-refractivity contribution < 1.29 is 37.0 Å². The fraction of sp³-hybridized carbons (Fsp3) is 0.429. The van der Waals surface area contributed by atoms with Crippen LogP contribution in [0.2, 0.25) is 0 Å². The van der Waals surface area contributed by atoms with Gasteiger partial charge >= 0.3 is 18.2 Å². The molecule has 3 atom stereocenters. The molecule has 1 saturated heterocycles. The molecule has 1 aromatic rings. The maximum atomic E-state index is 13.4. The highest BCUT2D eigenvalue weighted by Crippen LogP contribution is 2.43. The molecule has 1 heterocycles. The van der Waals surface area contributed by atoms with E-state index < -0.39 is 41.7 Å². The number of ether oxygens (including phenoxy) is 1. The number of urea groups is 1. The molecule has 1 aliphatic rings. The highest BCUT2D eigenvalue weighted by Gasteiger charge is 2.67. The zero-order valence-corrected chi connectivity index (χ0v) is 12.4. The number of amides is 2. The molecule has 0 spiro atoms. The first-order chi connectivity index (χ1) is 11.1. The predicted octanol–water partition coefficient (Wildman–Crippen LogP) is 1.61. The molecule has 1 aromatic carbocycles. The average molecular weight is 350 g/mol. The van der Waals surface area contributed by atoms with E-state index in [1.54, 1.807) is 0 Å². The molecule has 24 heavy (non-hydrogen) atoms. The largest absolute Gasteiger partial charge is 0.466 e. The number of halogens is 4. The Hall–Kier alpha value is -2.36. The number of nitrogens with one attached hydrogen (secondary N) is 2. The molecule has 0 radical (unpaired) electrons. The Bertz CT molecular complexity index is 652. The van der Waals surface area contributed by atoms with Gasteiger partial charge in [-0.25, -0.2) is 9.18 Å². The maximum absolute atomic E-state index is 13.4. The van der Waals surface area contributed by atoms with E-state index in [1.807, 2.05) is 0 Å². The van der Waals surface area contributed by atoms with Crippen molar-refractivity contribution in [1.82, 2.24) is 10.6 Å². The Labute approximate surface area is 133 Å². The van der Waals surface area contributed by atoms with Gasteiger partial charge in [0.15, 0.2) is 0 Å². The molecule has 0 aliphatic carbocycles. The molecule has 3 N–H and O–H groups in total. The van der Waals surface area contributed by atoms with Crippen molar-refractivity contribution in [2.24, 2.45) is 5.92 Å². The number of rotatable bonds is 3. The van der Waals surface area contributed by atoms with E-state index in [2.05, 4.69) is 10.1 Å². The number of carbonyl (C=O) groups excluding carboxylic acids is 2. The second kappa shape index (κ2) is 6.27. The second-order valence-electron chi connectivity index (χ2n) is 5.12. The Morgan fingerprint density at radius 2 is 2.08 bits per heavy atom. The summed E-state index contributed by atoms with van der Waals surface area (Å²) in [5.74, 6) is -4.44. The SMILES string of the molecule is CCOC(=O)[C@@H]1[C@H](c2cccc(F)c2)NC(=O)N[C@@]1(O)C(F)(F)F. The normalized spacial score (nSPS) is 27.2. The summed E-state index contributed by atoms with van der Waals surface area (Å²) >= 11 is 0. The van der Waals surface area contributed by atoms with Gasteiger partial charge in [-0.2, -0.15) is 13.2 Å². The molecule has 6 nitrogen and oxygen atoms in total. The van der Waals surface area contributed by atoms with Gasteiger partial charge in [-0.3, -0.25) is 4.79 Å². The van der Waals surface area contributed by atoms with E-state index in [0.29, 0.717) is 0 Å². The van der Waals surface area contributed by atoms with E-state index in [-0.39, 0.29) is 12.2 Å². The van der Waals surface area contributed by atoms with Crippen LogP contribution in [-0.2, 0) is 9.53 Å². The molecule has 1 aliphatic heterocycles. The fourth-order valence-corrected chi connectivity index (χ4v) is 2.51. The fourth-order valence-electron chi connectivity index (χ4n) is 2.51. The standard InChI is InChI=1S/C14H14F4N2O4/c1-2-24-11(21)9-10(7-4-3-5-8(15)6-7)19-12(22)20-13(9,23)14(16,17)18/h3-6,9-10,23H,2H2,1H3,(H2,19,20,22)/t9-,10-,13-/m0/s1. The zero-order valence-electron chi connectivity index (χ0n) is 12.4. The van der Waals surface area contributed by atoms with Gasteiger partial charge in [-0.15, -0.1) is 0 Å². The molecular weight excluding hydrogens is 336 g/mol. The lowest BCUT2D eigenvalue weighted by atomic mass is 9.82. The zero-order chi connectivity index (χ0) is 18.1. The number of benzene rings is 1. The Balaban J connectivity index is 2.57. The molecule has 0 aromatic heterocycles. The van der Waals surface area contributed by atoms with Gasteiger partial charge in [-0.05, 0) is 24.6 Å².